The van der Waals surface area contributed by atoms with Crippen LogP contribution in [0.4, 0.5) is 0 Å². The number of aryl methyl sites for hydroxylation is 1. The second kappa shape index (κ2) is 9.19. The summed E-state index contributed by atoms with van der Waals surface area (Å²) in [7, 11) is 1.31. The second-order valence-corrected chi connectivity index (χ2v) is 6.89. The fourth-order valence-electron chi connectivity index (χ4n) is 3.39. The summed E-state index contributed by atoms with van der Waals surface area (Å²) in [4.78, 5) is 36.5. The zero-order valence-electron chi connectivity index (χ0n) is 16.6. The number of benzene rings is 2. The molecule has 0 fully saturated rings. The zero-order chi connectivity index (χ0) is 20.8. The van der Waals surface area contributed by atoms with E-state index in [9.17, 15) is 14.4 Å². The van der Waals surface area contributed by atoms with Crippen molar-refractivity contribution in [1.82, 2.24) is 9.88 Å². The monoisotopic (exact) mass is 392 g/mol. The van der Waals surface area contributed by atoms with Crippen LogP contribution in [0.2, 0.25) is 0 Å². The van der Waals surface area contributed by atoms with Gasteiger partial charge in [-0.15, -0.1) is 0 Å². The van der Waals surface area contributed by atoms with Crippen LogP contribution < -0.4 is 5.32 Å². The lowest BCUT2D eigenvalue weighted by Crippen LogP contribution is -2.43. The number of nitrogens with zero attached hydrogens (tertiary/aromatic N) is 1. The Hall–Kier alpha value is -3.41. The molecule has 0 saturated heterocycles. The van der Waals surface area contributed by atoms with Crippen LogP contribution in [0.1, 0.15) is 29.3 Å². The molecule has 1 aromatic heterocycles. The highest BCUT2D eigenvalue weighted by atomic mass is 16.5. The molecule has 0 spiro atoms. The van der Waals surface area contributed by atoms with E-state index in [0.29, 0.717) is 18.5 Å². The van der Waals surface area contributed by atoms with E-state index in [2.05, 4.69) is 5.32 Å². The molecule has 0 radical (unpaired) electrons. The van der Waals surface area contributed by atoms with Crippen LogP contribution in [0.15, 0.2) is 60.8 Å². The normalized spacial score (nSPS) is 11.8. The summed E-state index contributed by atoms with van der Waals surface area (Å²) in [5.74, 6) is -0.746. The number of ketones is 1. The summed E-state index contributed by atoms with van der Waals surface area (Å²) < 4.78 is 6.74. The third-order valence-corrected chi connectivity index (χ3v) is 4.85. The maximum atomic E-state index is 12.5. The highest BCUT2D eigenvalue weighted by Crippen LogP contribution is 2.22. The molecular weight excluding hydrogens is 368 g/mol. The number of rotatable bonds is 8. The predicted molar refractivity (Wildman–Crippen MR) is 111 cm³/mol. The van der Waals surface area contributed by atoms with E-state index >= 15 is 0 Å². The van der Waals surface area contributed by atoms with Gasteiger partial charge in [0.1, 0.15) is 6.04 Å². The van der Waals surface area contributed by atoms with Crippen molar-refractivity contribution in [1.29, 1.82) is 0 Å². The lowest BCUT2D eigenvalue weighted by atomic mass is 10.1. The number of Topliss-reactive ketones (excluding diaryl/α,β-unsaturated/α-hetero) is 1. The van der Waals surface area contributed by atoms with Crippen molar-refractivity contribution in [3.63, 3.8) is 0 Å². The number of amides is 1. The molecule has 2 aromatic carbocycles. The SMILES string of the molecule is COC(=O)C(Cc1ccccc1)NC(=O)CCn1cc(C(C)=O)c2ccccc21. The number of aromatic nitrogens is 1. The number of nitrogens with one attached hydrogen (secondary N) is 1. The molecule has 6 heteroatoms. The number of para-hydroxylation sites is 1. The largest absolute Gasteiger partial charge is 0.467 e. The molecule has 3 aromatic rings. The fraction of sp³-hybridized carbons (Fsp3) is 0.261. The summed E-state index contributed by atoms with van der Waals surface area (Å²) in [6, 6.07) is 16.3. The summed E-state index contributed by atoms with van der Waals surface area (Å²) in [6.45, 7) is 1.93. The third kappa shape index (κ3) is 4.90. The van der Waals surface area contributed by atoms with E-state index in [0.717, 1.165) is 16.5 Å². The van der Waals surface area contributed by atoms with Crippen LogP contribution in [0.3, 0.4) is 0 Å². The van der Waals surface area contributed by atoms with Gasteiger partial charge in [-0.25, -0.2) is 4.79 Å². The summed E-state index contributed by atoms with van der Waals surface area (Å²) in [5.41, 5.74) is 2.47. The second-order valence-electron chi connectivity index (χ2n) is 6.89. The first-order valence-electron chi connectivity index (χ1n) is 9.49. The minimum absolute atomic E-state index is 0.0157. The van der Waals surface area contributed by atoms with Crippen LogP contribution >= 0.6 is 0 Å². The Bertz CT molecular complexity index is 1020. The van der Waals surface area contributed by atoms with Gasteiger partial charge < -0.3 is 14.6 Å². The van der Waals surface area contributed by atoms with Crippen LogP contribution in [-0.2, 0) is 27.3 Å². The van der Waals surface area contributed by atoms with Gasteiger partial charge in [0, 0.05) is 42.0 Å². The molecule has 6 nitrogen and oxygen atoms in total. The van der Waals surface area contributed by atoms with Crippen molar-refractivity contribution < 1.29 is 19.1 Å². The Morgan fingerprint density at radius 1 is 1.03 bits per heavy atom. The van der Waals surface area contributed by atoms with Gasteiger partial charge in [0.05, 0.1) is 7.11 Å². The molecule has 1 unspecified atom stereocenters. The molecule has 1 heterocycles. The molecule has 150 valence electrons. The van der Waals surface area contributed by atoms with Gasteiger partial charge in [0.25, 0.3) is 0 Å². The highest BCUT2D eigenvalue weighted by Gasteiger charge is 2.22. The van der Waals surface area contributed by atoms with Crippen molar-refractivity contribution in [2.75, 3.05) is 7.11 Å². The van der Waals surface area contributed by atoms with E-state index in [1.54, 1.807) is 6.20 Å². The Kier molecular flexibility index (Phi) is 6.44. The first-order valence-corrected chi connectivity index (χ1v) is 9.49. The minimum Gasteiger partial charge on any atom is -0.467 e. The lowest BCUT2D eigenvalue weighted by molar-refractivity contribution is -0.145. The number of esters is 1. The molecule has 3 rings (SSSR count). The predicted octanol–water partition coefficient (Wildman–Crippen LogP) is 3.13. The van der Waals surface area contributed by atoms with Gasteiger partial charge in [0.15, 0.2) is 5.78 Å². The number of ether oxygens (including phenoxy) is 1. The number of hydrogen-bond acceptors (Lipinski definition) is 4. The van der Waals surface area contributed by atoms with Crippen LogP contribution in [0, 0.1) is 0 Å². The Balaban J connectivity index is 1.69. The molecule has 1 amide bonds. The van der Waals surface area contributed by atoms with Crippen LogP contribution in [0.5, 0.6) is 0 Å². The van der Waals surface area contributed by atoms with E-state index in [4.69, 9.17) is 4.74 Å². The molecule has 0 bridgehead atoms. The van der Waals surface area contributed by atoms with Crippen molar-refractivity contribution in [3.05, 3.63) is 71.9 Å². The van der Waals surface area contributed by atoms with Gasteiger partial charge in [-0.1, -0.05) is 48.5 Å². The number of fused-ring (bicyclic) bond motifs is 1. The van der Waals surface area contributed by atoms with Gasteiger partial charge in [0.2, 0.25) is 5.91 Å². The zero-order valence-corrected chi connectivity index (χ0v) is 16.6. The number of hydrogen-bond donors (Lipinski definition) is 1. The molecule has 0 aliphatic carbocycles. The molecule has 0 saturated carbocycles. The van der Waals surface area contributed by atoms with E-state index < -0.39 is 12.0 Å². The fourth-order valence-corrected chi connectivity index (χ4v) is 3.39. The standard InChI is InChI=1S/C23H24N2O4/c1-16(26)19-15-25(21-11-7-6-10-18(19)21)13-12-22(27)24-20(23(28)29-2)14-17-8-4-3-5-9-17/h3-11,15,20H,12-14H2,1-2H3,(H,24,27). The molecule has 1 atom stereocenters. The summed E-state index contributed by atoms with van der Waals surface area (Å²) >= 11 is 0. The van der Waals surface area contributed by atoms with E-state index in [1.165, 1.54) is 14.0 Å². The summed E-state index contributed by atoms with van der Waals surface area (Å²) in [5, 5.41) is 3.64. The maximum Gasteiger partial charge on any atom is 0.328 e. The van der Waals surface area contributed by atoms with E-state index in [1.807, 2.05) is 59.2 Å². The first-order chi connectivity index (χ1) is 14.0. The maximum absolute atomic E-state index is 12.5. The number of methoxy groups -OCH3 is 1. The van der Waals surface area contributed by atoms with Crippen LogP contribution in [0.25, 0.3) is 10.9 Å². The molecule has 0 aliphatic heterocycles. The van der Waals surface area contributed by atoms with Gasteiger partial charge in [-0.3, -0.25) is 9.59 Å². The molecule has 29 heavy (non-hydrogen) atoms. The van der Waals surface area contributed by atoms with Gasteiger partial charge in [-0.2, -0.15) is 0 Å². The minimum atomic E-state index is -0.746. The molecular formula is C23H24N2O4. The van der Waals surface area contributed by atoms with Crippen LogP contribution in [-0.4, -0.2) is 35.4 Å². The van der Waals surface area contributed by atoms with Crippen molar-refractivity contribution in [3.8, 4) is 0 Å². The van der Waals surface area contributed by atoms with Crippen molar-refractivity contribution >= 4 is 28.6 Å². The third-order valence-electron chi connectivity index (χ3n) is 4.85. The smallest absolute Gasteiger partial charge is 0.328 e. The van der Waals surface area contributed by atoms with Gasteiger partial charge in [-0.05, 0) is 18.6 Å². The Labute approximate surface area is 169 Å². The number of carbonyl (C=O) groups excluding carboxylic acids is 3. The highest BCUT2D eigenvalue weighted by molar-refractivity contribution is 6.07. The topological polar surface area (TPSA) is 77.4 Å². The lowest BCUT2D eigenvalue weighted by Gasteiger charge is -2.17. The Morgan fingerprint density at radius 2 is 1.72 bits per heavy atom. The molecule has 1 N–H and O–H groups in total. The number of carbonyl (C=O) groups is 3. The average molecular weight is 392 g/mol. The van der Waals surface area contributed by atoms with Crippen molar-refractivity contribution in [2.24, 2.45) is 0 Å². The van der Waals surface area contributed by atoms with E-state index in [-0.39, 0.29) is 18.1 Å². The Morgan fingerprint density at radius 3 is 2.41 bits per heavy atom. The van der Waals surface area contributed by atoms with Gasteiger partial charge >= 0.3 is 5.97 Å². The van der Waals surface area contributed by atoms with Crippen molar-refractivity contribution in [2.45, 2.75) is 32.4 Å². The average Bonchev–Trinajstić information content (AvgIpc) is 3.11. The first kappa shape index (κ1) is 20.3. The quantitative estimate of drug-likeness (QED) is 0.472. The molecule has 0 aliphatic rings. The summed E-state index contributed by atoms with van der Waals surface area (Å²) in [6.07, 6.45) is 2.32.